The van der Waals surface area contributed by atoms with Gasteiger partial charge in [-0.05, 0) is 63.8 Å². The first-order valence-corrected chi connectivity index (χ1v) is 11.2. The fraction of sp³-hybridized carbons (Fsp3) is 0.200. The molecule has 3 aromatic rings. The third kappa shape index (κ3) is 6.04. The van der Waals surface area contributed by atoms with E-state index in [1.54, 1.807) is 18.3 Å². The van der Waals surface area contributed by atoms with E-state index in [0.717, 1.165) is 21.2 Å². The molecule has 0 radical (unpaired) electrons. The number of carbonyl (C=O) groups excluding carboxylic acids is 1. The molecule has 0 aromatic heterocycles. The molecule has 1 heterocycles. The Labute approximate surface area is 200 Å². The summed E-state index contributed by atoms with van der Waals surface area (Å²) in [5, 5.41) is 4.08. The molecule has 170 valence electrons. The van der Waals surface area contributed by atoms with E-state index in [-0.39, 0.29) is 19.1 Å². The molecule has 7 nitrogen and oxygen atoms in total. The molecule has 1 aliphatic heterocycles. The summed E-state index contributed by atoms with van der Waals surface area (Å²) in [5.41, 5.74) is 5.17. The molecule has 1 aliphatic rings. The second-order valence-corrected chi connectivity index (χ2v) is 8.05. The predicted octanol–water partition coefficient (Wildman–Crippen LogP) is 4.85. The molecule has 0 saturated carbocycles. The van der Waals surface area contributed by atoms with E-state index in [9.17, 15) is 4.79 Å². The van der Waals surface area contributed by atoms with Gasteiger partial charge in [0.25, 0.3) is 0 Å². The maximum absolute atomic E-state index is 12.3. The van der Waals surface area contributed by atoms with Gasteiger partial charge in [-0.25, -0.2) is 5.43 Å². The van der Waals surface area contributed by atoms with E-state index in [0.29, 0.717) is 36.2 Å². The average Bonchev–Trinajstić information content (AvgIpc) is 3.27. The van der Waals surface area contributed by atoms with Gasteiger partial charge >= 0.3 is 0 Å². The van der Waals surface area contributed by atoms with Gasteiger partial charge in [0.05, 0.1) is 23.7 Å². The lowest BCUT2D eigenvalue weighted by Crippen LogP contribution is -2.19. The van der Waals surface area contributed by atoms with Crippen molar-refractivity contribution in [3.63, 3.8) is 0 Å². The maximum atomic E-state index is 12.3. The van der Waals surface area contributed by atoms with Crippen molar-refractivity contribution >= 4 is 28.1 Å². The van der Waals surface area contributed by atoms with Crippen molar-refractivity contribution in [2.24, 2.45) is 5.10 Å². The Hall–Kier alpha value is -3.52. The number of carbonyl (C=O) groups is 1. The number of hydrogen-bond acceptors (Lipinski definition) is 6. The molecule has 33 heavy (non-hydrogen) atoms. The first kappa shape index (κ1) is 22.7. The fourth-order valence-electron chi connectivity index (χ4n) is 3.25. The summed E-state index contributed by atoms with van der Waals surface area (Å²) in [7, 11) is 0. The number of hydrogen-bond donors (Lipinski definition) is 1. The van der Waals surface area contributed by atoms with E-state index < -0.39 is 0 Å². The second kappa shape index (κ2) is 10.9. The highest BCUT2D eigenvalue weighted by atomic mass is 79.9. The van der Waals surface area contributed by atoms with Crippen LogP contribution in [0.3, 0.4) is 0 Å². The quantitative estimate of drug-likeness (QED) is 0.329. The Balaban J connectivity index is 1.39. The van der Waals surface area contributed by atoms with Gasteiger partial charge in [0.1, 0.15) is 6.61 Å². The average molecular weight is 511 g/mol. The zero-order valence-corrected chi connectivity index (χ0v) is 19.6. The number of amides is 1. The molecule has 0 aliphatic carbocycles. The Morgan fingerprint density at radius 1 is 1.06 bits per heavy atom. The molecule has 0 fully saturated rings. The molecule has 0 spiro atoms. The van der Waals surface area contributed by atoms with Crippen LogP contribution in [0, 0.1) is 0 Å². The number of ether oxygens (including phenoxy) is 4. The molecule has 0 atom stereocenters. The van der Waals surface area contributed by atoms with Crippen LogP contribution in [0.25, 0.3) is 0 Å². The lowest BCUT2D eigenvalue weighted by atomic mass is 10.1. The van der Waals surface area contributed by atoms with Crippen LogP contribution in [-0.2, 0) is 17.8 Å². The summed E-state index contributed by atoms with van der Waals surface area (Å²) in [6.45, 7) is 3.01. The Bertz CT molecular complexity index is 1150. The van der Waals surface area contributed by atoms with Crippen molar-refractivity contribution in [2.45, 2.75) is 20.0 Å². The van der Waals surface area contributed by atoms with Gasteiger partial charge in [-0.2, -0.15) is 5.10 Å². The number of fused-ring (bicyclic) bond motifs is 1. The van der Waals surface area contributed by atoms with Crippen LogP contribution in [0.2, 0.25) is 0 Å². The maximum Gasteiger partial charge on any atom is 0.244 e. The highest BCUT2D eigenvalue weighted by molar-refractivity contribution is 9.10. The largest absolute Gasteiger partial charge is 0.490 e. The van der Waals surface area contributed by atoms with E-state index in [1.807, 2.05) is 55.5 Å². The van der Waals surface area contributed by atoms with Gasteiger partial charge in [-0.15, -0.1) is 0 Å². The Kier molecular flexibility index (Phi) is 7.47. The van der Waals surface area contributed by atoms with Crippen LogP contribution in [0.4, 0.5) is 0 Å². The molecule has 3 aromatic carbocycles. The Morgan fingerprint density at radius 3 is 2.70 bits per heavy atom. The monoisotopic (exact) mass is 510 g/mol. The Morgan fingerprint density at radius 2 is 1.88 bits per heavy atom. The van der Waals surface area contributed by atoms with Gasteiger partial charge in [0.15, 0.2) is 23.0 Å². The zero-order chi connectivity index (χ0) is 23.0. The van der Waals surface area contributed by atoms with Crippen molar-refractivity contribution in [2.75, 3.05) is 13.4 Å². The zero-order valence-electron chi connectivity index (χ0n) is 18.0. The SMILES string of the molecule is CCOc1cc(/C=N/NC(=O)Cc2ccc3c(c2)OCO3)cc(Br)c1OCc1ccccc1. The van der Waals surface area contributed by atoms with Crippen molar-refractivity contribution in [3.8, 4) is 23.0 Å². The third-order valence-electron chi connectivity index (χ3n) is 4.76. The topological polar surface area (TPSA) is 78.4 Å². The van der Waals surface area contributed by atoms with Gasteiger partial charge in [-0.3, -0.25) is 4.79 Å². The molecule has 4 rings (SSSR count). The lowest BCUT2D eigenvalue weighted by molar-refractivity contribution is -0.120. The van der Waals surface area contributed by atoms with Crippen LogP contribution >= 0.6 is 15.9 Å². The minimum Gasteiger partial charge on any atom is -0.490 e. The third-order valence-corrected chi connectivity index (χ3v) is 5.35. The summed E-state index contributed by atoms with van der Waals surface area (Å²) >= 11 is 3.56. The van der Waals surface area contributed by atoms with Gasteiger partial charge in [0.2, 0.25) is 12.7 Å². The van der Waals surface area contributed by atoms with E-state index in [4.69, 9.17) is 18.9 Å². The molecule has 1 amide bonds. The minimum atomic E-state index is -0.239. The van der Waals surface area contributed by atoms with Crippen LogP contribution in [0.5, 0.6) is 23.0 Å². The van der Waals surface area contributed by atoms with Crippen molar-refractivity contribution in [1.82, 2.24) is 5.43 Å². The van der Waals surface area contributed by atoms with Crippen molar-refractivity contribution < 1.29 is 23.7 Å². The van der Waals surface area contributed by atoms with Gasteiger partial charge in [-0.1, -0.05) is 36.4 Å². The van der Waals surface area contributed by atoms with Crippen LogP contribution in [0.15, 0.2) is 70.2 Å². The predicted molar refractivity (Wildman–Crippen MR) is 128 cm³/mol. The van der Waals surface area contributed by atoms with E-state index >= 15 is 0 Å². The molecule has 0 saturated heterocycles. The number of hydrazone groups is 1. The molecule has 1 N–H and O–H groups in total. The summed E-state index contributed by atoms with van der Waals surface area (Å²) in [6, 6.07) is 19.0. The fourth-order valence-corrected chi connectivity index (χ4v) is 3.82. The summed E-state index contributed by atoms with van der Waals surface area (Å²) in [5.74, 6) is 2.30. The van der Waals surface area contributed by atoms with Crippen molar-refractivity contribution in [3.05, 3.63) is 81.8 Å². The summed E-state index contributed by atoms with van der Waals surface area (Å²) < 4.78 is 23.1. The number of benzene rings is 3. The minimum absolute atomic E-state index is 0.175. The molecular weight excluding hydrogens is 488 g/mol. The molecule has 0 bridgehead atoms. The van der Waals surface area contributed by atoms with Crippen molar-refractivity contribution in [1.29, 1.82) is 0 Å². The highest BCUT2D eigenvalue weighted by Gasteiger charge is 2.15. The first-order valence-electron chi connectivity index (χ1n) is 10.5. The standard InChI is InChI=1S/C25H23BrN2O5/c1-2-30-23-12-19(10-20(26)25(23)31-15-17-6-4-3-5-7-17)14-27-28-24(29)13-18-8-9-21-22(11-18)33-16-32-21/h3-12,14H,2,13,15-16H2,1H3,(H,28,29)/b27-14+. The van der Waals surface area contributed by atoms with Gasteiger partial charge in [0, 0.05) is 0 Å². The number of nitrogens with zero attached hydrogens (tertiary/aromatic N) is 1. The second-order valence-electron chi connectivity index (χ2n) is 7.19. The van der Waals surface area contributed by atoms with E-state index in [2.05, 4.69) is 26.5 Å². The van der Waals surface area contributed by atoms with Crippen LogP contribution < -0.4 is 24.4 Å². The summed E-state index contributed by atoms with van der Waals surface area (Å²) in [6.07, 6.45) is 1.74. The normalized spacial score (nSPS) is 12.1. The molecule has 0 unspecified atom stereocenters. The lowest BCUT2D eigenvalue weighted by Gasteiger charge is -2.14. The smallest absolute Gasteiger partial charge is 0.244 e. The number of rotatable bonds is 9. The van der Waals surface area contributed by atoms with Gasteiger partial charge < -0.3 is 18.9 Å². The number of nitrogens with one attached hydrogen (secondary N) is 1. The number of halogens is 1. The highest BCUT2D eigenvalue weighted by Crippen LogP contribution is 2.37. The molecule has 8 heteroatoms. The summed E-state index contributed by atoms with van der Waals surface area (Å²) in [4.78, 5) is 12.3. The van der Waals surface area contributed by atoms with Crippen LogP contribution in [0.1, 0.15) is 23.6 Å². The van der Waals surface area contributed by atoms with Crippen LogP contribution in [-0.4, -0.2) is 25.5 Å². The first-order chi connectivity index (χ1) is 16.1. The van der Waals surface area contributed by atoms with E-state index in [1.165, 1.54) is 0 Å². The molecular formula is C25H23BrN2O5.